The van der Waals surface area contributed by atoms with Gasteiger partial charge in [0.2, 0.25) is 6.71 Å². The summed E-state index contributed by atoms with van der Waals surface area (Å²) in [7, 11) is 0. The quantitative estimate of drug-likeness (QED) is 0.0834. The van der Waals surface area contributed by atoms with Gasteiger partial charge in [-0.2, -0.15) is 0 Å². The van der Waals surface area contributed by atoms with Crippen LogP contribution in [0.1, 0.15) is 71.1 Å². The van der Waals surface area contributed by atoms with Crippen LogP contribution in [0.3, 0.4) is 0 Å². The number of hydrogen-bond donors (Lipinski definition) is 0. The minimum Gasteiger partial charge on any atom is -0.449 e. The zero-order chi connectivity index (χ0) is 69.5. The second-order valence-corrected chi connectivity index (χ2v) is 31.3. The van der Waals surface area contributed by atoms with Crippen LogP contribution in [0.4, 0.5) is 96.9 Å². The highest BCUT2D eigenvalue weighted by atomic mass is 32.2. The summed E-state index contributed by atoms with van der Waals surface area (Å²) in [5, 5.41) is 0.372. The van der Waals surface area contributed by atoms with Crippen LogP contribution in [0.5, 0.6) is 0 Å². The van der Waals surface area contributed by atoms with Crippen LogP contribution in [0.2, 0.25) is 5.82 Å². The number of fused-ring (bicyclic) bond motifs is 7. The van der Waals surface area contributed by atoms with E-state index in [1.807, 2.05) is 6.26 Å². The molecule has 5 heterocycles. The molecule has 0 saturated carbocycles. The molecule has 13 aromatic rings. The Balaban J connectivity index is 0.738. The lowest BCUT2D eigenvalue weighted by atomic mass is 9.30. The Morgan fingerprint density at radius 2 is 0.883 bits per heavy atom. The summed E-state index contributed by atoms with van der Waals surface area (Å²) >= 11 is 2.11. The summed E-state index contributed by atoms with van der Waals surface area (Å²) in [6.45, 7) is 14.3. The number of para-hydroxylation sites is 7. The Labute approximate surface area is 612 Å². The maximum absolute atomic E-state index is 6.70. The largest absolute Gasteiger partial charge is 0.449 e. The zero-order valence-electron chi connectivity index (χ0n) is 59.3. The zero-order valence-corrected chi connectivity index (χ0v) is 60.1. The van der Waals surface area contributed by atoms with Gasteiger partial charge >= 0.3 is 0 Å². The van der Waals surface area contributed by atoms with Gasteiger partial charge in [0, 0.05) is 84.9 Å². The van der Waals surface area contributed by atoms with Crippen LogP contribution in [-0.2, 0) is 17.3 Å². The maximum atomic E-state index is 6.70. The molecule has 12 aromatic carbocycles. The topological polar surface area (TPSA) is 32.6 Å². The monoisotopic (exact) mass is 1350 g/mol. The highest BCUT2D eigenvalue weighted by Gasteiger charge is 2.48. The van der Waals surface area contributed by atoms with Crippen LogP contribution in [0.25, 0.3) is 0 Å². The molecule has 3 unspecified atom stereocenters. The summed E-state index contributed by atoms with van der Waals surface area (Å²) < 4.78 is 6.70. The third-order valence-electron chi connectivity index (χ3n) is 22.4. The van der Waals surface area contributed by atoms with E-state index in [0.29, 0.717) is 17.0 Å². The van der Waals surface area contributed by atoms with Crippen molar-refractivity contribution in [3.8, 4) is 0 Å². The van der Waals surface area contributed by atoms with Crippen molar-refractivity contribution < 1.29 is 4.42 Å². The molecule has 0 amide bonds. The summed E-state index contributed by atoms with van der Waals surface area (Å²) in [4.78, 5) is 15.0. The smallest absolute Gasteiger partial charge is 0.256 e. The summed E-state index contributed by atoms with van der Waals surface area (Å²) in [6, 6.07) is 113. The summed E-state index contributed by atoms with van der Waals surface area (Å²) in [5.74, 6) is 2.49. The summed E-state index contributed by atoms with van der Waals surface area (Å²) in [5.41, 5.74) is 28.2. The molecule has 0 fully saturated rings. The molecule has 0 saturated heterocycles. The number of hydrogen-bond acceptors (Lipinski definition) is 8. The summed E-state index contributed by atoms with van der Waals surface area (Å²) in [6.07, 6.45) is 10.00. The van der Waals surface area contributed by atoms with E-state index in [9.17, 15) is 0 Å². The van der Waals surface area contributed by atoms with Crippen LogP contribution in [0.15, 0.2) is 326 Å². The number of thioether (sulfide) groups is 1. The second kappa shape index (κ2) is 26.1. The lowest BCUT2D eigenvalue weighted by molar-refractivity contribution is 0.471. The average molecular weight is 1350 g/mol. The third kappa shape index (κ3) is 11.3. The van der Waals surface area contributed by atoms with Crippen molar-refractivity contribution in [3.63, 3.8) is 0 Å². The van der Waals surface area contributed by atoms with Gasteiger partial charge in [0.15, 0.2) is 5.88 Å². The van der Waals surface area contributed by atoms with Gasteiger partial charge in [-0.3, -0.25) is 4.90 Å². The van der Waals surface area contributed by atoms with Gasteiger partial charge in [-0.05, 0) is 214 Å². The third-order valence-corrected chi connectivity index (χ3v) is 23.7. The number of nitrogens with zero attached hydrogens (tertiary/aromatic N) is 6. The molecule has 10 heteroatoms. The first-order valence-electron chi connectivity index (χ1n) is 36.6. The van der Waals surface area contributed by atoms with Gasteiger partial charge in [0.25, 0.3) is 6.71 Å². The van der Waals surface area contributed by atoms with Crippen molar-refractivity contribution in [2.24, 2.45) is 5.92 Å². The van der Waals surface area contributed by atoms with Crippen molar-refractivity contribution in [2.45, 2.75) is 82.7 Å². The molecule has 4 aliphatic heterocycles. The van der Waals surface area contributed by atoms with E-state index >= 15 is 0 Å². The van der Waals surface area contributed by atoms with Gasteiger partial charge < -0.3 is 28.9 Å². The van der Waals surface area contributed by atoms with Crippen molar-refractivity contribution >= 4 is 149 Å². The molecule has 0 bridgehead atoms. The Morgan fingerprint density at radius 3 is 1.46 bits per heavy atom. The van der Waals surface area contributed by atoms with E-state index in [1.54, 1.807) is 0 Å². The Bertz CT molecular complexity index is 5200. The van der Waals surface area contributed by atoms with Crippen molar-refractivity contribution in [3.05, 3.63) is 338 Å². The molecule has 502 valence electrons. The van der Waals surface area contributed by atoms with Gasteiger partial charge in [-0.25, -0.2) is 0 Å². The molecule has 18 rings (SSSR count). The predicted molar refractivity (Wildman–Crippen MR) is 440 cm³/mol. The normalized spacial score (nSPS) is 16.5. The second-order valence-electron chi connectivity index (χ2n) is 30.1. The van der Waals surface area contributed by atoms with E-state index < -0.39 is 0 Å². The Morgan fingerprint density at radius 1 is 0.427 bits per heavy atom. The van der Waals surface area contributed by atoms with Crippen molar-refractivity contribution in [2.75, 3.05) is 35.3 Å². The number of allylic oxidation sites excluding steroid dienone is 1. The fourth-order valence-electron chi connectivity index (χ4n) is 17.4. The fraction of sp³-hybridized carbons (Fsp3) is 0.161. The fourth-order valence-corrected chi connectivity index (χ4v) is 18.9. The number of rotatable bonds is 13. The highest BCUT2D eigenvalue weighted by Crippen LogP contribution is 2.52. The van der Waals surface area contributed by atoms with Crippen LogP contribution < -0.4 is 56.7 Å². The van der Waals surface area contributed by atoms with Gasteiger partial charge in [0.1, 0.15) is 0 Å². The molecule has 1 aliphatic carbocycles. The molecule has 0 radical (unpaired) electrons. The first kappa shape index (κ1) is 64.1. The molecule has 103 heavy (non-hydrogen) atoms. The number of furan rings is 1. The van der Waals surface area contributed by atoms with Gasteiger partial charge in [-0.1, -0.05) is 229 Å². The lowest BCUT2D eigenvalue weighted by Gasteiger charge is -2.43. The van der Waals surface area contributed by atoms with Crippen LogP contribution in [0, 0.1) is 5.92 Å². The SMILES string of the molecule is CC1B2c3ccccc3N(c3ccccc3)c3cc(N(c4ccccc4)c4ccccc4)cc(c32)N(c2ccc(C(C)(C)Cc3ccc(N4c5ccccc5B5c6ccoc6N(c6ccc(C(C)(C)C)cc6)c6cc(N(c7ccccc7)c7ccccc7)cc4c65)cc3)cc2)CSC2C=CCCC21. The number of anilines is 17. The minimum absolute atomic E-state index is 0.00601. The van der Waals surface area contributed by atoms with Gasteiger partial charge in [-0.15, -0.1) is 11.8 Å². The first-order valence-corrected chi connectivity index (χ1v) is 37.7. The van der Waals surface area contributed by atoms with Crippen LogP contribution >= 0.6 is 11.8 Å². The molecule has 0 spiro atoms. The molecule has 5 aliphatic rings. The highest BCUT2D eigenvalue weighted by molar-refractivity contribution is 8.00. The molecular weight excluding hydrogens is 1270 g/mol. The van der Waals surface area contributed by atoms with E-state index in [2.05, 4.69) is 398 Å². The molecule has 7 nitrogen and oxygen atoms in total. The predicted octanol–water partition coefficient (Wildman–Crippen LogP) is 22.1. The molecule has 1 aromatic heterocycles. The lowest BCUT2D eigenvalue weighted by Crippen LogP contribution is -2.61. The molecule has 3 atom stereocenters. The van der Waals surface area contributed by atoms with Crippen LogP contribution in [-0.4, -0.2) is 24.6 Å². The van der Waals surface area contributed by atoms with E-state index in [0.717, 1.165) is 98.3 Å². The van der Waals surface area contributed by atoms with Gasteiger partial charge in [0.05, 0.1) is 23.5 Å². The Kier molecular flexibility index (Phi) is 16.2. The average Bonchev–Trinajstić information content (AvgIpc) is 1.63. The van der Waals surface area contributed by atoms with E-state index in [-0.39, 0.29) is 24.3 Å². The number of benzene rings is 12. The molecular formula is C93H82B2N6OS. The van der Waals surface area contributed by atoms with Crippen molar-refractivity contribution in [1.29, 1.82) is 0 Å². The van der Waals surface area contributed by atoms with E-state index in [1.165, 1.54) is 67.7 Å². The maximum Gasteiger partial charge on any atom is 0.256 e. The Hall–Kier alpha value is -11.1. The van der Waals surface area contributed by atoms with Crippen molar-refractivity contribution in [1.82, 2.24) is 0 Å². The molecule has 0 N–H and O–H groups in total. The van der Waals surface area contributed by atoms with E-state index in [4.69, 9.17) is 4.42 Å². The standard InChI is InChI=1S/C93H82B2N6OS/c1-64-78-38-22-27-43-88(78)103-63-96(84-58-76(97(69-28-12-7-13-29-69)70-30-14-8-15-31-70)59-85-89(84)94(64)79-39-23-25-41-82(79)99(85)73-36-20-11-21-37-73)68-52-48-67(49-53-68)93(5,6)62-65-44-50-74(51-45-65)100-83-42-26-24-40-80(83)95-81-56-57-102-91(81)101(75-54-46-66(47-55-75)92(2,3)4)87-61-77(60-86(100)90(87)95)98(71-32-16-9-17-33-71)72-34-18-10-19-35-72/h7-21,23-37,39-61,64,78,88H,22,38,62-63H2,1-6H3. The first-order chi connectivity index (χ1) is 50.4. The minimum atomic E-state index is -0.221.